The van der Waals surface area contributed by atoms with E-state index in [4.69, 9.17) is 0 Å². The van der Waals surface area contributed by atoms with Gasteiger partial charge in [-0.2, -0.15) is 0 Å². The third-order valence-corrected chi connectivity index (χ3v) is 4.96. The molecule has 1 fully saturated rings. The normalized spacial score (nSPS) is 18.0. The van der Waals surface area contributed by atoms with Gasteiger partial charge in [-0.15, -0.1) is 0 Å². The number of benzene rings is 1. The molecule has 0 unspecified atom stereocenters. The average molecular weight is 327 g/mol. The van der Waals surface area contributed by atoms with Crippen LogP contribution in [0.4, 0.5) is 16.2 Å². The Balaban J connectivity index is 1.41. The molecule has 0 spiro atoms. The Kier molecular flexibility index (Phi) is 6.16. The Hall–Kier alpha value is -1.97. The molecule has 1 heterocycles. The number of amides is 2. The maximum Gasteiger partial charge on any atom is 0.319 e. The SMILES string of the molecule is O=C(NCCC1=CCCCC1)Nc1ccc(N2CCCCC2)cc1. The first kappa shape index (κ1) is 16.9. The van der Waals surface area contributed by atoms with Crippen LogP contribution in [0.25, 0.3) is 0 Å². The van der Waals surface area contributed by atoms with E-state index in [1.165, 1.54) is 56.2 Å². The van der Waals surface area contributed by atoms with Crippen molar-refractivity contribution in [2.45, 2.75) is 51.4 Å². The molecule has 1 saturated heterocycles. The van der Waals surface area contributed by atoms with Crippen LogP contribution in [-0.4, -0.2) is 25.7 Å². The summed E-state index contributed by atoms with van der Waals surface area (Å²) in [5, 5.41) is 5.88. The summed E-state index contributed by atoms with van der Waals surface area (Å²) in [5.74, 6) is 0. The van der Waals surface area contributed by atoms with Gasteiger partial charge in [0.1, 0.15) is 0 Å². The monoisotopic (exact) mass is 327 g/mol. The Labute approximate surface area is 145 Å². The topological polar surface area (TPSA) is 44.4 Å². The molecule has 1 aromatic rings. The standard InChI is InChI=1S/C20H29N3O/c24-20(21-14-13-17-7-3-1-4-8-17)22-18-9-11-19(12-10-18)23-15-5-2-6-16-23/h7,9-12H,1-6,8,13-16H2,(H2,21,22,24). The van der Waals surface area contributed by atoms with E-state index >= 15 is 0 Å². The lowest BCUT2D eigenvalue weighted by atomic mass is 9.97. The maximum absolute atomic E-state index is 12.0. The number of nitrogens with one attached hydrogen (secondary N) is 2. The highest BCUT2D eigenvalue weighted by Gasteiger charge is 2.11. The lowest BCUT2D eigenvalue weighted by Crippen LogP contribution is -2.30. The molecule has 130 valence electrons. The molecule has 0 saturated carbocycles. The number of carbonyl (C=O) groups is 1. The summed E-state index contributed by atoms with van der Waals surface area (Å²) in [5.41, 5.74) is 3.60. The van der Waals surface area contributed by atoms with Crippen LogP contribution in [-0.2, 0) is 0 Å². The molecule has 0 aromatic heterocycles. The fourth-order valence-electron chi connectivity index (χ4n) is 3.55. The van der Waals surface area contributed by atoms with Crippen LogP contribution in [0.2, 0.25) is 0 Å². The molecule has 0 atom stereocenters. The van der Waals surface area contributed by atoms with Crippen LogP contribution in [0.5, 0.6) is 0 Å². The number of rotatable bonds is 5. The number of carbonyl (C=O) groups excluding carboxylic acids is 1. The second-order valence-corrected chi connectivity index (χ2v) is 6.83. The zero-order valence-corrected chi connectivity index (χ0v) is 14.5. The van der Waals surface area contributed by atoms with Crippen molar-refractivity contribution in [2.75, 3.05) is 29.9 Å². The van der Waals surface area contributed by atoms with Gasteiger partial charge in [-0.3, -0.25) is 0 Å². The van der Waals surface area contributed by atoms with Gasteiger partial charge < -0.3 is 15.5 Å². The van der Waals surface area contributed by atoms with Gasteiger partial charge in [0.15, 0.2) is 0 Å². The summed E-state index contributed by atoms with van der Waals surface area (Å²) in [6.45, 7) is 3.00. The Morgan fingerprint density at radius 1 is 1.00 bits per heavy atom. The van der Waals surface area contributed by atoms with E-state index < -0.39 is 0 Å². The van der Waals surface area contributed by atoms with Crippen molar-refractivity contribution >= 4 is 17.4 Å². The lowest BCUT2D eigenvalue weighted by Gasteiger charge is -2.28. The molecule has 2 aliphatic rings. The van der Waals surface area contributed by atoms with Crippen LogP contribution in [0, 0.1) is 0 Å². The number of piperidine rings is 1. The molecule has 1 aliphatic heterocycles. The van der Waals surface area contributed by atoms with E-state index in [0.29, 0.717) is 6.54 Å². The first-order valence-corrected chi connectivity index (χ1v) is 9.39. The second-order valence-electron chi connectivity index (χ2n) is 6.83. The van der Waals surface area contributed by atoms with Crippen molar-refractivity contribution in [1.29, 1.82) is 0 Å². The number of nitrogens with zero attached hydrogens (tertiary/aromatic N) is 1. The summed E-state index contributed by atoms with van der Waals surface area (Å²) in [4.78, 5) is 14.4. The van der Waals surface area contributed by atoms with Crippen LogP contribution in [0.1, 0.15) is 51.4 Å². The van der Waals surface area contributed by atoms with Crippen molar-refractivity contribution in [3.63, 3.8) is 0 Å². The molecule has 24 heavy (non-hydrogen) atoms. The van der Waals surface area contributed by atoms with E-state index in [1.807, 2.05) is 12.1 Å². The Morgan fingerprint density at radius 3 is 2.50 bits per heavy atom. The van der Waals surface area contributed by atoms with Crippen LogP contribution >= 0.6 is 0 Å². The van der Waals surface area contributed by atoms with Crippen molar-refractivity contribution in [1.82, 2.24) is 5.32 Å². The van der Waals surface area contributed by atoms with Crippen molar-refractivity contribution < 1.29 is 4.79 Å². The van der Waals surface area contributed by atoms with Gasteiger partial charge in [0, 0.05) is 31.0 Å². The minimum absolute atomic E-state index is 0.114. The van der Waals surface area contributed by atoms with Crippen LogP contribution in [0.15, 0.2) is 35.9 Å². The predicted octanol–water partition coefficient (Wildman–Crippen LogP) is 4.69. The molecular weight excluding hydrogens is 298 g/mol. The van der Waals surface area contributed by atoms with E-state index in [1.54, 1.807) is 0 Å². The molecule has 3 rings (SSSR count). The van der Waals surface area contributed by atoms with Gasteiger partial charge in [0.05, 0.1) is 0 Å². The van der Waals surface area contributed by atoms with E-state index in [2.05, 4.69) is 33.7 Å². The van der Waals surface area contributed by atoms with E-state index in [-0.39, 0.29) is 6.03 Å². The summed E-state index contributed by atoms with van der Waals surface area (Å²) in [6.07, 6.45) is 12.2. The Morgan fingerprint density at radius 2 is 1.79 bits per heavy atom. The zero-order valence-electron chi connectivity index (χ0n) is 14.5. The van der Waals surface area contributed by atoms with Gasteiger partial charge in [-0.25, -0.2) is 4.79 Å². The summed E-state index contributed by atoms with van der Waals surface area (Å²) in [6, 6.07) is 8.08. The van der Waals surface area contributed by atoms with Gasteiger partial charge >= 0.3 is 6.03 Å². The van der Waals surface area contributed by atoms with Gasteiger partial charge in [0.2, 0.25) is 0 Å². The fraction of sp³-hybridized carbons (Fsp3) is 0.550. The summed E-state index contributed by atoms with van der Waals surface area (Å²) >= 11 is 0. The lowest BCUT2D eigenvalue weighted by molar-refractivity contribution is 0.252. The molecular formula is C20H29N3O. The van der Waals surface area contributed by atoms with Gasteiger partial charge in [-0.05, 0) is 75.6 Å². The quantitative estimate of drug-likeness (QED) is 0.771. The number of hydrogen-bond donors (Lipinski definition) is 2. The smallest absolute Gasteiger partial charge is 0.319 e. The minimum Gasteiger partial charge on any atom is -0.372 e. The highest BCUT2D eigenvalue weighted by atomic mass is 16.2. The highest BCUT2D eigenvalue weighted by molar-refractivity contribution is 5.89. The van der Waals surface area contributed by atoms with Gasteiger partial charge in [0.25, 0.3) is 0 Å². The van der Waals surface area contributed by atoms with Gasteiger partial charge in [-0.1, -0.05) is 11.6 Å². The molecule has 4 nitrogen and oxygen atoms in total. The molecule has 0 bridgehead atoms. The zero-order chi connectivity index (χ0) is 16.6. The summed E-state index contributed by atoms with van der Waals surface area (Å²) < 4.78 is 0. The number of anilines is 2. The molecule has 1 aliphatic carbocycles. The third kappa shape index (κ3) is 5.02. The minimum atomic E-state index is -0.114. The fourth-order valence-corrected chi connectivity index (χ4v) is 3.55. The van der Waals surface area contributed by atoms with Crippen molar-refractivity contribution in [3.05, 3.63) is 35.9 Å². The molecule has 2 amide bonds. The van der Waals surface area contributed by atoms with Crippen LogP contribution in [0.3, 0.4) is 0 Å². The largest absolute Gasteiger partial charge is 0.372 e. The van der Waals surface area contributed by atoms with E-state index in [9.17, 15) is 4.79 Å². The Bertz CT molecular complexity index is 559. The average Bonchev–Trinajstić information content (AvgIpc) is 2.64. The molecule has 2 N–H and O–H groups in total. The van der Waals surface area contributed by atoms with E-state index in [0.717, 1.165) is 25.2 Å². The molecule has 4 heteroatoms. The number of urea groups is 1. The maximum atomic E-state index is 12.0. The molecule has 0 radical (unpaired) electrons. The first-order valence-electron chi connectivity index (χ1n) is 9.39. The third-order valence-electron chi connectivity index (χ3n) is 4.96. The number of hydrogen-bond acceptors (Lipinski definition) is 2. The van der Waals surface area contributed by atoms with Crippen molar-refractivity contribution in [2.24, 2.45) is 0 Å². The predicted molar refractivity (Wildman–Crippen MR) is 101 cm³/mol. The highest BCUT2D eigenvalue weighted by Crippen LogP contribution is 2.22. The number of allylic oxidation sites excluding steroid dienone is 1. The summed E-state index contributed by atoms with van der Waals surface area (Å²) in [7, 11) is 0. The van der Waals surface area contributed by atoms with Crippen molar-refractivity contribution in [3.8, 4) is 0 Å². The van der Waals surface area contributed by atoms with Crippen LogP contribution < -0.4 is 15.5 Å². The molecule has 1 aromatic carbocycles. The second kappa shape index (κ2) is 8.76. The first-order chi connectivity index (χ1) is 11.8.